The van der Waals surface area contributed by atoms with Crippen molar-refractivity contribution in [2.45, 2.75) is 38.8 Å². The van der Waals surface area contributed by atoms with Gasteiger partial charge in [0, 0.05) is 6.42 Å². The number of carbonyl (C=O) groups is 3. The van der Waals surface area contributed by atoms with Gasteiger partial charge in [-0.05, 0) is 38.5 Å². The van der Waals surface area contributed by atoms with E-state index in [-0.39, 0.29) is 19.6 Å². The van der Waals surface area contributed by atoms with Gasteiger partial charge in [0.05, 0.1) is 0 Å². The predicted molar refractivity (Wildman–Crippen MR) is 104 cm³/mol. The molecule has 0 bridgehead atoms. The maximum atomic E-state index is 12.4. The number of ether oxygens (including phenoxy) is 3. The van der Waals surface area contributed by atoms with E-state index in [9.17, 15) is 14.4 Å². The number of nitrogens with one attached hydrogen (secondary N) is 1. The van der Waals surface area contributed by atoms with Crippen LogP contribution >= 0.6 is 0 Å². The largest absolute Gasteiger partial charge is 0.460 e. The quantitative estimate of drug-likeness (QED) is 0.168. The standard InChI is InChI=1S/C20H25N3O6/c1-20(2,3)29-19(26)23-16(13-15-9-5-4-6-10-15)18(25)28-12-8-7-11-27-17(24)14-22-21/h4-10,14,16H,11-13H2,1-3H3,(H,23,26)/b8-7+/t16-/m1/s1/i14D. The third-order valence-electron chi connectivity index (χ3n) is 3.20. The summed E-state index contributed by atoms with van der Waals surface area (Å²) < 4.78 is 21.9. The van der Waals surface area contributed by atoms with E-state index >= 15 is 0 Å². The lowest BCUT2D eigenvalue weighted by Crippen LogP contribution is -2.45. The first-order chi connectivity index (χ1) is 14.1. The monoisotopic (exact) mass is 404 g/mol. The molecule has 0 saturated carbocycles. The Morgan fingerprint density at radius 3 is 2.38 bits per heavy atom. The maximum absolute atomic E-state index is 12.4. The summed E-state index contributed by atoms with van der Waals surface area (Å²) in [7, 11) is 0. The molecule has 1 aromatic carbocycles. The molecule has 0 heterocycles. The number of rotatable bonds is 9. The highest BCUT2D eigenvalue weighted by atomic mass is 16.6. The topological polar surface area (TPSA) is 127 Å². The number of amides is 1. The molecular weight excluding hydrogens is 378 g/mol. The van der Waals surface area contributed by atoms with Crippen LogP contribution in [-0.2, 0) is 30.2 Å². The molecule has 0 spiro atoms. The van der Waals surface area contributed by atoms with Crippen LogP contribution in [0.1, 0.15) is 27.7 Å². The van der Waals surface area contributed by atoms with Gasteiger partial charge in [0.1, 0.15) is 24.9 Å². The minimum absolute atomic E-state index is 0.126. The van der Waals surface area contributed by atoms with Crippen LogP contribution in [0.2, 0.25) is 0 Å². The summed E-state index contributed by atoms with van der Waals surface area (Å²) >= 11 is 0. The third-order valence-corrected chi connectivity index (χ3v) is 3.20. The first-order valence-corrected chi connectivity index (χ1v) is 8.83. The molecule has 0 aromatic heterocycles. The summed E-state index contributed by atoms with van der Waals surface area (Å²) in [5.74, 6) is -1.75. The zero-order valence-electron chi connectivity index (χ0n) is 17.6. The van der Waals surface area contributed by atoms with Gasteiger partial charge < -0.3 is 25.1 Å². The number of hydrogen-bond donors (Lipinski definition) is 1. The first kappa shape index (κ1) is 21.8. The number of alkyl carbamates (subject to hydrolysis) is 1. The molecule has 1 aromatic rings. The number of hydrogen-bond acceptors (Lipinski definition) is 6. The molecule has 1 N–H and O–H groups in total. The molecule has 0 radical (unpaired) electrons. The summed E-state index contributed by atoms with van der Waals surface area (Å²) in [6.07, 6.45) is 1.38. The van der Waals surface area contributed by atoms with E-state index in [1.165, 1.54) is 12.2 Å². The summed E-state index contributed by atoms with van der Waals surface area (Å²) in [5.41, 5.74) is 8.39. The number of esters is 2. The molecule has 1 rings (SSSR count). The Kier molecular flexibility index (Phi) is 9.11. The van der Waals surface area contributed by atoms with Crippen molar-refractivity contribution in [3.05, 3.63) is 53.6 Å². The molecule has 0 aliphatic heterocycles. The van der Waals surface area contributed by atoms with Crippen molar-refractivity contribution < 1.29 is 34.8 Å². The molecule has 0 unspecified atom stereocenters. The van der Waals surface area contributed by atoms with Gasteiger partial charge in [-0.3, -0.25) is 0 Å². The van der Waals surface area contributed by atoms with E-state index in [1.54, 1.807) is 20.8 Å². The lowest BCUT2D eigenvalue weighted by molar-refractivity contribution is -0.145. The molecule has 0 aliphatic carbocycles. The average Bonchev–Trinajstić information content (AvgIpc) is 2.68. The zero-order chi connectivity index (χ0) is 22.6. The van der Waals surface area contributed by atoms with Crippen molar-refractivity contribution in [3.63, 3.8) is 0 Å². The minimum atomic E-state index is -1.09. The van der Waals surface area contributed by atoms with Crippen LogP contribution < -0.4 is 5.32 Å². The van der Waals surface area contributed by atoms with E-state index < -0.39 is 35.9 Å². The Labute approximate surface area is 170 Å². The number of benzene rings is 1. The van der Waals surface area contributed by atoms with Crippen LogP contribution in [0.25, 0.3) is 5.53 Å². The fourth-order valence-electron chi connectivity index (χ4n) is 2.06. The second-order valence-electron chi connectivity index (χ2n) is 6.80. The molecular formula is C20H25N3O6. The molecule has 9 heteroatoms. The molecule has 156 valence electrons. The third kappa shape index (κ3) is 11.1. The molecule has 1 amide bonds. The van der Waals surface area contributed by atoms with Gasteiger partial charge >= 0.3 is 24.2 Å². The lowest BCUT2D eigenvalue weighted by atomic mass is 10.1. The minimum Gasteiger partial charge on any atom is -0.460 e. The van der Waals surface area contributed by atoms with Gasteiger partial charge in [0.25, 0.3) is 0 Å². The van der Waals surface area contributed by atoms with Crippen LogP contribution in [0.3, 0.4) is 0 Å². The Balaban J connectivity index is 2.61. The Hall–Kier alpha value is -3.45. The Morgan fingerprint density at radius 2 is 1.79 bits per heavy atom. The van der Waals surface area contributed by atoms with E-state index in [0.29, 0.717) is 0 Å². The van der Waals surface area contributed by atoms with Crippen LogP contribution in [0.5, 0.6) is 0 Å². The Morgan fingerprint density at radius 1 is 1.17 bits per heavy atom. The van der Waals surface area contributed by atoms with E-state index in [1.807, 2.05) is 30.3 Å². The molecule has 29 heavy (non-hydrogen) atoms. The van der Waals surface area contributed by atoms with E-state index in [2.05, 4.69) is 14.8 Å². The highest BCUT2D eigenvalue weighted by Gasteiger charge is 2.25. The predicted octanol–water partition coefficient (Wildman–Crippen LogP) is 2.07. The van der Waals surface area contributed by atoms with E-state index in [4.69, 9.17) is 16.4 Å². The maximum Gasteiger partial charge on any atom is 0.413 e. The summed E-state index contributed by atoms with van der Waals surface area (Å²) in [6.45, 7) is 4.82. The van der Waals surface area contributed by atoms with Crippen LogP contribution in [0, 0.1) is 0 Å². The lowest BCUT2D eigenvalue weighted by Gasteiger charge is -2.23. The fourth-order valence-corrected chi connectivity index (χ4v) is 2.06. The van der Waals surface area contributed by atoms with Crippen molar-refractivity contribution >= 4 is 24.2 Å². The van der Waals surface area contributed by atoms with Crippen molar-refractivity contribution in [3.8, 4) is 0 Å². The van der Waals surface area contributed by atoms with Crippen molar-refractivity contribution in [2.24, 2.45) is 0 Å². The SMILES string of the molecule is [2H]C(=[N+]=[N-])C(=O)OC/C=C/COC(=O)[C@@H](Cc1ccccc1)NC(=O)OC(C)(C)C. The second kappa shape index (κ2) is 12.1. The number of carbonyl (C=O) groups excluding carboxylic acids is 3. The highest BCUT2D eigenvalue weighted by Crippen LogP contribution is 2.09. The summed E-state index contributed by atoms with van der Waals surface area (Å²) in [4.78, 5) is 38.0. The average molecular weight is 404 g/mol. The van der Waals surface area contributed by atoms with Gasteiger partial charge in [0.15, 0.2) is 1.37 Å². The van der Waals surface area contributed by atoms with Gasteiger partial charge in [0.2, 0.25) is 0 Å². The van der Waals surface area contributed by atoms with Gasteiger partial charge in [-0.2, -0.15) is 4.79 Å². The van der Waals surface area contributed by atoms with Crippen LogP contribution in [0.15, 0.2) is 42.5 Å². The molecule has 0 saturated heterocycles. The number of nitrogens with zero attached hydrogens (tertiary/aromatic N) is 2. The first-order valence-electron chi connectivity index (χ1n) is 9.33. The van der Waals surface area contributed by atoms with Gasteiger partial charge in [-0.15, -0.1) is 0 Å². The fraction of sp³-hybridized carbons (Fsp3) is 0.400. The summed E-state index contributed by atoms with van der Waals surface area (Å²) in [5, 5.41) is 2.52. The van der Waals surface area contributed by atoms with Gasteiger partial charge in [-0.1, -0.05) is 30.3 Å². The molecule has 9 nitrogen and oxygen atoms in total. The molecule has 1 atom stereocenters. The second-order valence-corrected chi connectivity index (χ2v) is 6.80. The van der Waals surface area contributed by atoms with E-state index in [0.717, 1.165) is 5.56 Å². The summed E-state index contributed by atoms with van der Waals surface area (Å²) in [6, 6.07) is 8.16. The molecule has 0 aliphatic rings. The van der Waals surface area contributed by atoms with Crippen molar-refractivity contribution in [2.75, 3.05) is 13.2 Å². The zero-order valence-corrected chi connectivity index (χ0v) is 16.6. The van der Waals surface area contributed by atoms with Crippen LogP contribution in [-0.4, -0.2) is 53.9 Å². The van der Waals surface area contributed by atoms with Crippen LogP contribution in [0.4, 0.5) is 4.79 Å². The van der Waals surface area contributed by atoms with Crippen molar-refractivity contribution in [1.82, 2.24) is 5.32 Å². The highest BCUT2D eigenvalue weighted by molar-refractivity contribution is 6.20. The normalized spacial score (nSPS) is 12.3. The van der Waals surface area contributed by atoms with Gasteiger partial charge in [-0.25, -0.2) is 14.4 Å². The molecule has 0 fully saturated rings. The van der Waals surface area contributed by atoms with Crippen molar-refractivity contribution in [1.29, 1.82) is 0 Å². The smallest absolute Gasteiger partial charge is 0.413 e. The Bertz CT molecular complexity index is 814.